The quantitative estimate of drug-likeness (QED) is 0.199. The van der Waals surface area contributed by atoms with E-state index >= 15 is 0 Å². The average molecular weight is 605 g/mol. The lowest BCUT2D eigenvalue weighted by molar-refractivity contribution is 0.0694. The van der Waals surface area contributed by atoms with E-state index in [2.05, 4.69) is 32.6 Å². The molecule has 2 atom stereocenters. The Kier molecular flexibility index (Phi) is 5.81. The van der Waals surface area contributed by atoms with Crippen molar-refractivity contribution >= 4 is 56.5 Å². The van der Waals surface area contributed by atoms with Crippen molar-refractivity contribution in [3.8, 4) is 17.0 Å². The fraction of sp³-hybridized carbons (Fsp3) is 0.258. The number of nitrogens with zero attached hydrogens (tertiary/aromatic N) is 3. The van der Waals surface area contributed by atoms with Gasteiger partial charge < -0.3 is 19.3 Å². The molecule has 2 aliphatic heterocycles. The highest BCUT2D eigenvalue weighted by Crippen LogP contribution is 2.56. The van der Waals surface area contributed by atoms with Gasteiger partial charge in [0.05, 0.1) is 32.4 Å². The van der Waals surface area contributed by atoms with Gasteiger partial charge in [0.1, 0.15) is 23.8 Å². The average Bonchev–Trinajstić information content (AvgIpc) is 3.30. The van der Waals surface area contributed by atoms with Crippen molar-refractivity contribution in [2.45, 2.75) is 50.3 Å². The molecule has 2 fully saturated rings. The summed E-state index contributed by atoms with van der Waals surface area (Å²) in [5.74, 6) is 0.997. The number of aromatic carboxylic acids is 1. The summed E-state index contributed by atoms with van der Waals surface area (Å²) in [5, 5.41) is 15.6. The minimum atomic E-state index is -0.997. The second-order valence-electron chi connectivity index (χ2n) is 10.9. The molecule has 206 valence electrons. The van der Waals surface area contributed by atoms with E-state index < -0.39 is 5.97 Å². The van der Waals surface area contributed by atoms with Crippen LogP contribution in [0.1, 0.15) is 76.6 Å². The Morgan fingerprint density at radius 3 is 2.56 bits per heavy atom. The molecule has 2 bridgehead atoms. The van der Waals surface area contributed by atoms with Crippen molar-refractivity contribution in [2.24, 2.45) is 0 Å². The summed E-state index contributed by atoms with van der Waals surface area (Å²) in [4.78, 5) is 14.0. The van der Waals surface area contributed by atoms with Gasteiger partial charge in [-0.05, 0) is 90.8 Å². The largest absolute Gasteiger partial charge is 0.489 e. The molecule has 0 radical (unpaired) electrons. The summed E-state index contributed by atoms with van der Waals surface area (Å²) in [6, 6.07) is 18.3. The molecule has 0 spiro atoms. The Morgan fingerprint density at radius 1 is 1.02 bits per heavy atom. The first-order valence-electron chi connectivity index (χ1n) is 13.6. The number of carbonyl (C=O) groups is 1. The van der Waals surface area contributed by atoms with Crippen LogP contribution in [0.2, 0.25) is 10.0 Å². The van der Waals surface area contributed by atoms with Crippen LogP contribution in [0, 0.1) is 0 Å². The molecule has 5 aromatic rings. The van der Waals surface area contributed by atoms with Gasteiger partial charge in [0.2, 0.25) is 0 Å². The molecular formula is C31H23Cl2N3O4S. The zero-order valence-electron chi connectivity index (χ0n) is 21.6. The molecule has 7 nitrogen and oxygen atoms in total. The van der Waals surface area contributed by atoms with Crippen molar-refractivity contribution in [1.29, 1.82) is 0 Å². The molecule has 2 aromatic heterocycles. The van der Waals surface area contributed by atoms with Crippen LogP contribution in [-0.2, 0) is 6.61 Å². The van der Waals surface area contributed by atoms with Crippen LogP contribution in [-0.4, -0.2) is 20.6 Å². The Hall–Kier alpha value is -3.59. The van der Waals surface area contributed by atoms with Gasteiger partial charge in [0.15, 0.2) is 5.69 Å². The minimum Gasteiger partial charge on any atom is -0.489 e. The highest BCUT2D eigenvalue weighted by Gasteiger charge is 2.44. The molecule has 3 aromatic carbocycles. The van der Waals surface area contributed by atoms with Crippen molar-refractivity contribution in [3.05, 3.63) is 92.8 Å². The van der Waals surface area contributed by atoms with Gasteiger partial charge in [-0.1, -0.05) is 40.5 Å². The molecule has 1 saturated heterocycles. The predicted molar refractivity (Wildman–Crippen MR) is 158 cm³/mol. The van der Waals surface area contributed by atoms with Crippen LogP contribution in [0.15, 0.2) is 59.1 Å². The number of carboxylic acids is 1. The summed E-state index contributed by atoms with van der Waals surface area (Å²) < 4.78 is 17.2. The van der Waals surface area contributed by atoms with Crippen LogP contribution in [0.4, 0.5) is 5.69 Å². The first-order valence-corrected chi connectivity index (χ1v) is 15.1. The van der Waals surface area contributed by atoms with E-state index in [0.29, 0.717) is 39.2 Å². The Balaban J connectivity index is 1.08. The van der Waals surface area contributed by atoms with E-state index in [9.17, 15) is 9.90 Å². The second-order valence-corrected chi connectivity index (χ2v) is 12.5. The molecule has 8 rings (SSSR count). The highest BCUT2D eigenvalue weighted by atomic mass is 35.5. The lowest BCUT2D eigenvalue weighted by atomic mass is 9.92. The van der Waals surface area contributed by atoms with Crippen LogP contribution in [0.5, 0.6) is 5.75 Å². The van der Waals surface area contributed by atoms with Crippen molar-refractivity contribution < 1.29 is 19.2 Å². The van der Waals surface area contributed by atoms with E-state index in [1.165, 1.54) is 22.7 Å². The third kappa shape index (κ3) is 4.03. The smallest absolute Gasteiger partial charge is 0.356 e. The van der Waals surface area contributed by atoms with Gasteiger partial charge in [0.25, 0.3) is 0 Å². The van der Waals surface area contributed by atoms with E-state index in [1.807, 2.05) is 24.3 Å². The maximum atomic E-state index is 11.5. The number of anilines is 1. The van der Waals surface area contributed by atoms with Gasteiger partial charge in [-0.3, -0.25) is 0 Å². The molecule has 2 unspecified atom stereocenters. The van der Waals surface area contributed by atoms with Crippen LogP contribution in [0.25, 0.3) is 21.3 Å². The Labute approximate surface area is 249 Å². The Morgan fingerprint density at radius 2 is 1.80 bits per heavy atom. The monoisotopic (exact) mass is 603 g/mol. The van der Waals surface area contributed by atoms with Gasteiger partial charge in [-0.15, -0.1) is 0 Å². The number of halogens is 2. The first-order chi connectivity index (χ1) is 20.0. The number of fused-ring (bicyclic) bond motifs is 6. The molecule has 10 heteroatoms. The van der Waals surface area contributed by atoms with Gasteiger partial charge in [-0.25, -0.2) is 4.79 Å². The summed E-state index contributed by atoms with van der Waals surface area (Å²) in [6.07, 6.45) is 4.27. The lowest BCUT2D eigenvalue weighted by Crippen LogP contribution is -2.18. The first kappa shape index (κ1) is 25.1. The number of ether oxygens (including phenoxy) is 1. The lowest BCUT2D eigenvalue weighted by Gasteiger charge is -2.25. The van der Waals surface area contributed by atoms with Crippen LogP contribution in [0.3, 0.4) is 0 Å². The van der Waals surface area contributed by atoms with Gasteiger partial charge in [0, 0.05) is 22.6 Å². The summed E-state index contributed by atoms with van der Waals surface area (Å²) in [7, 11) is 0. The van der Waals surface area contributed by atoms with Crippen LogP contribution < -0.4 is 9.64 Å². The third-order valence-corrected chi connectivity index (χ3v) is 9.91. The fourth-order valence-corrected chi connectivity index (χ4v) is 7.84. The summed E-state index contributed by atoms with van der Waals surface area (Å²) >= 11 is 14.3. The molecule has 4 heterocycles. The molecule has 1 N–H and O–H groups in total. The SMILES string of the molecule is O=C(O)c1nsc2cc(N3C4CCC3c3cc(OCc5c(-c6c(Cl)cccc6Cl)noc5C5CC5)ccc34)ccc12. The topological polar surface area (TPSA) is 88.7 Å². The number of hydrogen-bond donors (Lipinski definition) is 1. The van der Waals surface area contributed by atoms with Crippen LogP contribution >= 0.6 is 34.7 Å². The highest BCUT2D eigenvalue weighted by molar-refractivity contribution is 7.13. The predicted octanol–water partition coefficient (Wildman–Crippen LogP) is 8.81. The number of benzene rings is 3. The van der Waals surface area contributed by atoms with Gasteiger partial charge >= 0.3 is 5.97 Å². The Bertz CT molecular complexity index is 1840. The third-order valence-electron chi connectivity index (χ3n) is 8.47. The maximum Gasteiger partial charge on any atom is 0.356 e. The number of aromatic nitrogens is 2. The molecular weight excluding hydrogens is 581 g/mol. The zero-order chi connectivity index (χ0) is 27.8. The molecule has 1 saturated carbocycles. The summed E-state index contributed by atoms with van der Waals surface area (Å²) in [5.41, 5.74) is 5.99. The molecule has 41 heavy (non-hydrogen) atoms. The van der Waals surface area contributed by atoms with E-state index in [4.69, 9.17) is 32.5 Å². The van der Waals surface area contributed by atoms with E-state index in [0.717, 1.165) is 53.1 Å². The maximum absolute atomic E-state index is 11.5. The minimum absolute atomic E-state index is 0.114. The van der Waals surface area contributed by atoms with Gasteiger partial charge in [-0.2, -0.15) is 4.37 Å². The number of hydrogen-bond acceptors (Lipinski definition) is 7. The molecule has 1 aliphatic carbocycles. The van der Waals surface area contributed by atoms with Crippen molar-refractivity contribution in [3.63, 3.8) is 0 Å². The molecule has 0 amide bonds. The fourth-order valence-electron chi connectivity index (χ4n) is 6.46. The van der Waals surface area contributed by atoms with Crippen molar-refractivity contribution in [2.75, 3.05) is 4.90 Å². The molecule has 3 aliphatic rings. The standard InChI is InChI=1S/C31H23Cl2N3O4S/c32-22-2-1-3-23(33)27(22)28-21(30(40-34-28)15-4-5-15)14-39-17-7-9-18-20(13-17)25-11-10-24(18)36(25)16-6-8-19-26(12-16)41-35-29(19)31(37)38/h1-3,6-9,12-13,15,24-25H,4-5,10-11,14H2,(H,37,38). The second kappa shape index (κ2) is 9.48. The van der Waals surface area contributed by atoms with E-state index in [-0.39, 0.29) is 17.8 Å². The van der Waals surface area contributed by atoms with E-state index in [1.54, 1.807) is 12.1 Å². The number of carboxylic acid groups (broad SMARTS) is 1. The normalized spacial score (nSPS) is 19.2. The zero-order valence-corrected chi connectivity index (χ0v) is 24.0. The number of rotatable bonds is 7. The van der Waals surface area contributed by atoms with Crippen molar-refractivity contribution in [1.82, 2.24) is 9.53 Å². The summed E-state index contributed by atoms with van der Waals surface area (Å²) in [6.45, 7) is 0.302.